The molecule has 2 heteroatoms. The lowest BCUT2D eigenvalue weighted by Crippen LogP contribution is -2.23. The molecule has 0 spiro atoms. The highest BCUT2D eigenvalue weighted by molar-refractivity contribution is 7.12. The van der Waals surface area contributed by atoms with Gasteiger partial charge in [0.1, 0.15) is 0 Å². The molecule has 0 bridgehead atoms. The predicted octanol–water partition coefficient (Wildman–Crippen LogP) is 5.21. The first kappa shape index (κ1) is 16.3. The maximum atomic E-state index is 3.73. The van der Waals surface area contributed by atoms with E-state index in [4.69, 9.17) is 0 Å². The van der Waals surface area contributed by atoms with Gasteiger partial charge < -0.3 is 5.32 Å². The van der Waals surface area contributed by atoms with Crippen LogP contribution in [0.15, 0.2) is 30.3 Å². The van der Waals surface area contributed by atoms with Gasteiger partial charge in [0.25, 0.3) is 0 Å². The normalized spacial score (nSPS) is 12.6. The number of rotatable bonds is 7. The minimum absolute atomic E-state index is 0.441. The van der Waals surface area contributed by atoms with E-state index in [1.54, 1.807) is 0 Å². The van der Waals surface area contributed by atoms with Crippen LogP contribution in [0.4, 0.5) is 0 Å². The van der Waals surface area contributed by atoms with Crippen LogP contribution in [-0.4, -0.2) is 6.54 Å². The molecule has 1 heterocycles. The van der Waals surface area contributed by atoms with Gasteiger partial charge in [-0.05, 0) is 62.9 Å². The zero-order chi connectivity index (χ0) is 15.2. The highest BCUT2D eigenvalue weighted by atomic mass is 32.1. The first-order chi connectivity index (χ1) is 10.1. The monoisotopic (exact) mass is 301 g/mol. The minimum atomic E-state index is 0.441. The summed E-state index contributed by atoms with van der Waals surface area (Å²) in [5.74, 6) is 0. The molecule has 0 radical (unpaired) electrons. The number of hydrogen-bond donors (Lipinski definition) is 1. The van der Waals surface area contributed by atoms with Crippen molar-refractivity contribution < 1.29 is 0 Å². The average Bonchev–Trinajstić information content (AvgIpc) is 2.95. The molecule has 21 heavy (non-hydrogen) atoms. The molecule has 1 unspecified atom stereocenters. The van der Waals surface area contributed by atoms with Gasteiger partial charge in [-0.1, -0.05) is 37.6 Å². The number of aryl methyl sites for hydroxylation is 3. The summed E-state index contributed by atoms with van der Waals surface area (Å²) in [4.78, 5) is 2.95. The standard InChI is InChI=1S/C19H27NS/c1-5-11-20-18(19-10-9-17(6-2)21-19)13-16-12-14(3)7-8-15(16)4/h7-10,12,18,20H,5-6,11,13H2,1-4H3. The quantitative estimate of drug-likeness (QED) is 0.740. The molecule has 1 N–H and O–H groups in total. The summed E-state index contributed by atoms with van der Waals surface area (Å²) < 4.78 is 0. The second kappa shape index (κ2) is 7.77. The van der Waals surface area contributed by atoms with E-state index in [1.165, 1.54) is 32.9 Å². The lowest BCUT2D eigenvalue weighted by molar-refractivity contribution is 0.535. The second-order valence-corrected chi connectivity index (χ2v) is 7.00. The van der Waals surface area contributed by atoms with E-state index in [0.717, 1.165) is 19.4 Å². The van der Waals surface area contributed by atoms with Gasteiger partial charge in [0.15, 0.2) is 0 Å². The largest absolute Gasteiger partial charge is 0.309 e. The van der Waals surface area contributed by atoms with Crippen LogP contribution in [0.5, 0.6) is 0 Å². The molecule has 2 rings (SSSR count). The summed E-state index contributed by atoms with van der Waals surface area (Å²) in [6, 6.07) is 11.8. The molecular weight excluding hydrogens is 274 g/mol. The Kier molecular flexibility index (Phi) is 6.01. The maximum Gasteiger partial charge on any atom is 0.0455 e. The van der Waals surface area contributed by atoms with Crippen LogP contribution in [-0.2, 0) is 12.8 Å². The molecule has 0 aliphatic heterocycles. The average molecular weight is 301 g/mol. The first-order valence-corrected chi connectivity index (χ1v) is 8.83. The van der Waals surface area contributed by atoms with Crippen molar-refractivity contribution in [1.82, 2.24) is 5.32 Å². The van der Waals surface area contributed by atoms with Gasteiger partial charge >= 0.3 is 0 Å². The van der Waals surface area contributed by atoms with E-state index < -0.39 is 0 Å². The molecule has 0 aliphatic rings. The van der Waals surface area contributed by atoms with Crippen LogP contribution < -0.4 is 5.32 Å². The van der Waals surface area contributed by atoms with Gasteiger partial charge in [0, 0.05) is 15.8 Å². The predicted molar refractivity (Wildman–Crippen MR) is 94.4 cm³/mol. The van der Waals surface area contributed by atoms with E-state index in [9.17, 15) is 0 Å². The Bertz CT molecular complexity index is 571. The Hall–Kier alpha value is -1.12. The number of hydrogen-bond acceptors (Lipinski definition) is 2. The van der Waals surface area contributed by atoms with Crippen LogP contribution in [0.25, 0.3) is 0 Å². The molecule has 1 atom stereocenters. The van der Waals surface area contributed by atoms with Gasteiger partial charge in [-0.25, -0.2) is 0 Å². The molecule has 1 aromatic heterocycles. The first-order valence-electron chi connectivity index (χ1n) is 8.02. The van der Waals surface area contributed by atoms with Crippen LogP contribution in [0.3, 0.4) is 0 Å². The summed E-state index contributed by atoms with van der Waals surface area (Å²) in [7, 11) is 0. The smallest absolute Gasteiger partial charge is 0.0455 e. The van der Waals surface area contributed by atoms with Crippen LogP contribution >= 0.6 is 11.3 Å². The van der Waals surface area contributed by atoms with E-state index in [-0.39, 0.29) is 0 Å². The maximum absolute atomic E-state index is 3.73. The third-order valence-electron chi connectivity index (χ3n) is 3.94. The summed E-state index contributed by atoms with van der Waals surface area (Å²) in [6.45, 7) is 9.94. The van der Waals surface area contributed by atoms with Crippen molar-refractivity contribution >= 4 is 11.3 Å². The number of nitrogens with one attached hydrogen (secondary N) is 1. The van der Waals surface area contributed by atoms with Crippen LogP contribution in [0.1, 0.15) is 52.8 Å². The molecule has 0 amide bonds. The second-order valence-electron chi connectivity index (χ2n) is 5.80. The molecule has 1 aromatic carbocycles. The fraction of sp³-hybridized carbons (Fsp3) is 0.474. The fourth-order valence-corrected chi connectivity index (χ4v) is 3.63. The molecular formula is C19H27NS. The van der Waals surface area contributed by atoms with Crippen molar-refractivity contribution in [2.24, 2.45) is 0 Å². The Labute approximate surface area is 133 Å². The van der Waals surface area contributed by atoms with E-state index >= 15 is 0 Å². The summed E-state index contributed by atoms with van der Waals surface area (Å²) in [6.07, 6.45) is 3.39. The van der Waals surface area contributed by atoms with Gasteiger partial charge in [0.05, 0.1) is 0 Å². The highest BCUT2D eigenvalue weighted by Gasteiger charge is 2.15. The van der Waals surface area contributed by atoms with Crippen LogP contribution in [0, 0.1) is 13.8 Å². The number of benzene rings is 1. The third kappa shape index (κ3) is 4.42. The molecule has 114 valence electrons. The minimum Gasteiger partial charge on any atom is -0.309 e. The zero-order valence-corrected chi connectivity index (χ0v) is 14.5. The van der Waals surface area contributed by atoms with Gasteiger partial charge in [-0.3, -0.25) is 0 Å². The Morgan fingerprint density at radius 1 is 1.10 bits per heavy atom. The molecule has 2 aromatic rings. The molecule has 1 nitrogen and oxygen atoms in total. The van der Waals surface area contributed by atoms with E-state index in [2.05, 4.69) is 63.3 Å². The van der Waals surface area contributed by atoms with Crippen molar-refractivity contribution in [2.45, 2.75) is 53.0 Å². The molecule has 0 saturated heterocycles. The summed E-state index contributed by atoms with van der Waals surface area (Å²) >= 11 is 1.96. The Morgan fingerprint density at radius 2 is 1.90 bits per heavy atom. The fourth-order valence-electron chi connectivity index (χ4n) is 2.60. The van der Waals surface area contributed by atoms with E-state index in [0.29, 0.717) is 6.04 Å². The van der Waals surface area contributed by atoms with Crippen molar-refractivity contribution in [3.63, 3.8) is 0 Å². The van der Waals surface area contributed by atoms with Gasteiger partial charge in [-0.15, -0.1) is 11.3 Å². The van der Waals surface area contributed by atoms with Crippen LogP contribution in [0.2, 0.25) is 0 Å². The van der Waals surface area contributed by atoms with Crippen molar-refractivity contribution in [3.05, 3.63) is 56.8 Å². The third-order valence-corrected chi connectivity index (χ3v) is 5.29. The lowest BCUT2D eigenvalue weighted by Gasteiger charge is -2.19. The lowest BCUT2D eigenvalue weighted by atomic mass is 9.98. The van der Waals surface area contributed by atoms with E-state index in [1.807, 2.05) is 11.3 Å². The van der Waals surface area contributed by atoms with Gasteiger partial charge in [-0.2, -0.15) is 0 Å². The van der Waals surface area contributed by atoms with Gasteiger partial charge in [0.2, 0.25) is 0 Å². The van der Waals surface area contributed by atoms with Crippen molar-refractivity contribution in [1.29, 1.82) is 0 Å². The highest BCUT2D eigenvalue weighted by Crippen LogP contribution is 2.27. The summed E-state index contributed by atoms with van der Waals surface area (Å²) in [5.41, 5.74) is 4.22. The Morgan fingerprint density at radius 3 is 2.57 bits per heavy atom. The zero-order valence-electron chi connectivity index (χ0n) is 13.7. The summed E-state index contributed by atoms with van der Waals surface area (Å²) in [5, 5.41) is 3.73. The van der Waals surface area contributed by atoms with Crippen molar-refractivity contribution in [3.8, 4) is 0 Å². The Balaban J connectivity index is 2.21. The molecule has 0 fully saturated rings. The van der Waals surface area contributed by atoms with Crippen molar-refractivity contribution in [2.75, 3.05) is 6.54 Å². The topological polar surface area (TPSA) is 12.0 Å². The SMILES string of the molecule is CCCNC(Cc1cc(C)ccc1C)c1ccc(CC)s1. The molecule has 0 saturated carbocycles. The number of thiophene rings is 1. The molecule has 0 aliphatic carbocycles.